The fraction of sp³-hybridized carbons (Fsp3) is 0.500. The highest BCUT2D eigenvalue weighted by molar-refractivity contribution is 5.73. The lowest BCUT2D eigenvalue weighted by Gasteiger charge is -2.37. The van der Waals surface area contributed by atoms with Gasteiger partial charge in [-0.15, -0.1) is 5.10 Å². The summed E-state index contributed by atoms with van der Waals surface area (Å²) in [5.74, 6) is 1.57. The highest BCUT2D eigenvalue weighted by Gasteiger charge is 2.44. The first kappa shape index (κ1) is 19.0. The Labute approximate surface area is 173 Å². The third kappa shape index (κ3) is 3.52. The van der Waals surface area contributed by atoms with E-state index in [4.69, 9.17) is 18.9 Å². The number of anilines is 1. The van der Waals surface area contributed by atoms with Gasteiger partial charge in [0.15, 0.2) is 6.29 Å². The lowest BCUT2D eigenvalue weighted by Crippen LogP contribution is -2.47. The summed E-state index contributed by atoms with van der Waals surface area (Å²) in [4.78, 5) is 11.0. The fourth-order valence-corrected chi connectivity index (χ4v) is 3.99. The van der Waals surface area contributed by atoms with E-state index in [9.17, 15) is 0 Å². The van der Waals surface area contributed by atoms with Gasteiger partial charge in [0, 0.05) is 13.1 Å². The summed E-state index contributed by atoms with van der Waals surface area (Å²) in [6.45, 7) is 2.61. The van der Waals surface area contributed by atoms with E-state index in [1.54, 1.807) is 20.3 Å². The first-order chi connectivity index (χ1) is 14.7. The molecule has 2 aliphatic heterocycles. The molecular formula is C20H24N6O4. The number of benzene rings is 1. The zero-order chi connectivity index (χ0) is 20.6. The molecule has 0 aliphatic carbocycles. The van der Waals surface area contributed by atoms with Crippen LogP contribution >= 0.6 is 0 Å². The van der Waals surface area contributed by atoms with Gasteiger partial charge in [-0.05, 0) is 25.0 Å². The smallest absolute Gasteiger partial charge is 0.231 e. The summed E-state index contributed by atoms with van der Waals surface area (Å²) >= 11 is 0. The Morgan fingerprint density at radius 3 is 2.57 bits per heavy atom. The topological polar surface area (TPSA) is 96.7 Å². The molecule has 10 heteroatoms. The minimum atomic E-state index is -0.338. The molecule has 1 aromatic carbocycles. The number of aromatic nitrogens is 5. The van der Waals surface area contributed by atoms with Crippen molar-refractivity contribution < 1.29 is 18.9 Å². The van der Waals surface area contributed by atoms with Crippen LogP contribution in [0.15, 0.2) is 30.3 Å². The van der Waals surface area contributed by atoms with Crippen molar-refractivity contribution in [1.29, 1.82) is 0 Å². The minimum Gasteiger partial charge on any atom is -0.481 e. The second kappa shape index (κ2) is 7.69. The summed E-state index contributed by atoms with van der Waals surface area (Å²) in [6.07, 6.45) is 1.31. The Morgan fingerprint density at radius 1 is 1.10 bits per heavy atom. The molecule has 3 aromatic rings. The first-order valence-corrected chi connectivity index (χ1v) is 9.98. The molecule has 1 atom stereocenters. The summed E-state index contributed by atoms with van der Waals surface area (Å²) in [7, 11) is 3.16. The van der Waals surface area contributed by atoms with E-state index in [2.05, 4.69) is 25.2 Å². The number of hydrogen-bond donors (Lipinski definition) is 0. The molecule has 2 aliphatic rings. The molecule has 2 fully saturated rings. The van der Waals surface area contributed by atoms with Crippen molar-refractivity contribution in [3.05, 3.63) is 30.3 Å². The molecular weight excluding hydrogens is 388 g/mol. The molecule has 4 heterocycles. The molecule has 0 N–H and O–H groups in total. The van der Waals surface area contributed by atoms with Gasteiger partial charge in [0.05, 0.1) is 44.6 Å². The molecule has 2 aromatic heterocycles. The SMILES string of the molecule is COc1cc(OC)nc(N2CCC3(CC2)COC(Cn2nnc4ccccc42)O3)n1. The van der Waals surface area contributed by atoms with Gasteiger partial charge >= 0.3 is 0 Å². The largest absolute Gasteiger partial charge is 0.481 e. The summed E-state index contributed by atoms with van der Waals surface area (Å²) in [5, 5.41) is 8.43. The molecule has 2 saturated heterocycles. The maximum absolute atomic E-state index is 6.36. The predicted octanol–water partition coefficient (Wildman–Crippen LogP) is 1.65. The molecule has 1 spiro atoms. The Kier molecular flexibility index (Phi) is 4.87. The second-order valence-corrected chi connectivity index (χ2v) is 7.54. The third-order valence-corrected chi connectivity index (χ3v) is 5.70. The minimum absolute atomic E-state index is 0.291. The van der Waals surface area contributed by atoms with E-state index in [0.717, 1.165) is 37.0 Å². The van der Waals surface area contributed by atoms with Gasteiger partial charge in [0.25, 0.3) is 0 Å². The summed E-state index contributed by atoms with van der Waals surface area (Å²) in [5.41, 5.74) is 1.55. The molecule has 0 radical (unpaired) electrons. The number of rotatable bonds is 5. The number of ether oxygens (including phenoxy) is 4. The van der Waals surface area contributed by atoms with Crippen LogP contribution in [-0.2, 0) is 16.0 Å². The van der Waals surface area contributed by atoms with Gasteiger partial charge in [-0.1, -0.05) is 17.3 Å². The van der Waals surface area contributed by atoms with Crippen LogP contribution in [0.5, 0.6) is 11.8 Å². The number of hydrogen-bond acceptors (Lipinski definition) is 9. The lowest BCUT2D eigenvalue weighted by atomic mass is 9.92. The molecule has 30 heavy (non-hydrogen) atoms. The Hall–Kier alpha value is -2.98. The fourth-order valence-electron chi connectivity index (χ4n) is 3.99. The molecule has 5 rings (SSSR count). The molecule has 1 unspecified atom stereocenters. The van der Waals surface area contributed by atoms with Crippen LogP contribution in [0.3, 0.4) is 0 Å². The Morgan fingerprint density at radius 2 is 1.83 bits per heavy atom. The van der Waals surface area contributed by atoms with Gasteiger partial charge in [-0.25, -0.2) is 4.68 Å². The van der Waals surface area contributed by atoms with Gasteiger partial charge in [-0.2, -0.15) is 9.97 Å². The van der Waals surface area contributed by atoms with Gasteiger partial charge in [0.1, 0.15) is 5.52 Å². The van der Waals surface area contributed by atoms with Crippen LogP contribution in [0.2, 0.25) is 0 Å². The highest BCUT2D eigenvalue weighted by Crippen LogP contribution is 2.35. The normalized spacial score (nSPS) is 20.7. The standard InChI is InChI=1S/C20H24N6O4/c1-27-16-11-17(28-2)22-19(21-16)25-9-7-20(8-10-25)13-29-18(30-20)12-26-15-6-4-3-5-14(15)23-24-26/h3-6,11,18H,7-10,12-13H2,1-2H3. The lowest BCUT2D eigenvalue weighted by molar-refractivity contribution is -0.104. The number of fused-ring (bicyclic) bond motifs is 1. The number of methoxy groups -OCH3 is 2. The van der Waals surface area contributed by atoms with Gasteiger partial charge < -0.3 is 23.8 Å². The van der Waals surface area contributed by atoms with Crippen LogP contribution in [0.4, 0.5) is 5.95 Å². The van der Waals surface area contributed by atoms with Crippen LogP contribution in [0.25, 0.3) is 11.0 Å². The maximum atomic E-state index is 6.36. The Bertz CT molecular complexity index is 1010. The molecule has 0 amide bonds. The van der Waals surface area contributed by atoms with Crippen molar-refractivity contribution in [3.63, 3.8) is 0 Å². The highest BCUT2D eigenvalue weighted by atomic mass is 16.7. The average molecular weight is 412 g/mol. The van der Waals surface area contributed by atoms with Crippen LogP contribution in [0.1, 0.15) is 12.8 Å². The van der Waals surface area contributed by atoms with E-state index in [-0.39, 0.29) is 11.9 Å². The van der Waals surface area contributed by atoms with E-state index >= 15 is 0 Å². The van der Waals surface area contributed by atoms with Crippen molar-refractivity contribution >= 4 is 17.0 Å². The van der Waals surface area contributed by atoms with Crippen molar-refractivity contribution in [2.75, 3.05) is 38.8 Å². The summed E-state index contributed by atoms with van der Waals surface area (Å²) < 4.78 is 24.7. The van der Waals surface area contributed by atoms with Gasteiger partial charge in [0.2, 0.25) is 17.7 Å². The molecule has 10 nitrogen and oxygen atoms in total. The van der Waals surface area contributed by atoms with Crippen LogP contribution < -0.4 is 14.4 Å². The van der Waals surface area contributed by atoms with Crippen molar-refractivity contribution in [1.82, 2.24) is 25.0 Å². The van der Waals surface area contributed by atoms with E-state index in [1.807, 2.05) is 28.9 Å². The number of piperidine rings is 1. The molecule has 158 valence electrons. The maximum Gasteiger partial charge on any atom is 0.231 e. The monoisotopic (exact) mass is 412 g/mol. The number of para-hydroxylation sites is 1. The van der Waals surface area contributed by atoms with Crippen LogP contribution in [-0.4, -0.2) is 70.8 Å². The third-order valence-electron chi connectivity index (χ3n) is 5.70. The van der Waals surface area contributed by atoms with Crippen molar-refractivity contribution in [2.45, 2.75) is 31.3 Å². The first-order valence-electron chi connectivity index (χ1n) is 9.98. The molecule has 0 bridgehead atoms. The summed E-state index contributed by atoms with van der Waals surface area (Å²) in [6, 6.07) is 9.55. The zero-order valence-corrected chi connectivity index (χ0v) is 17.0. The quantitative estimate of drug-likeness (QED) is 0.620. The van der Waals surface area contributed by atoms with E-state index in [1.165, 1.54) is 0 Å². The number of nitrogens with zero attached hydrogens (tertiary/aromatic N) is 6. The zero-order valence-electron chi connectivity index (χ0n) is 17.0. The van der Waals surface area contributed by atoms with Crippen molar-refractivity contribution in [3.8, 4) is 11.8 Å². The molecule has 0 saturated carbocycles. The second-order valence-electron chi connectivity index (χ2n) is 7.54. The van der Waals surface area contributed by atoms with Gasteiger partial charge in [-0.3, -0.25) is 0 Å². The van der Waals surface area contributed by atoms with Crippen LogP contribution in [0, 0.1) is 0 Å². The van der Waals surface area contributed by atoms with E-state index in [0.29, 0.717) is 30.9 Å². The van der Waals surface area contributed by atoms with E-state index < -0.39 is 0 Å². The van der Waals surface area contributed by atoms with Crippen molar-refractivity contribution in [2.24, 2.45) is 0 Å². The predicted molar refractivity (Wildman–Crippen MR) is 108 cm³/mol. The average Bonchev–Trinajstić information content (AvgIpc) is 3.38. The Balaban J connectivity index is 1.23.